The van der Waals surface area contributed by atoms with Gasteiger partial charge >= 0.3 is 0 Å². The molecule has 1 heterocycles. The summed E-state index contributed by atoms with van der Waals surface area (Å²) < 4.78 is 2.05. The van der Waals surface area contributed by atoms with Crippen molar-refractivity contribution in [2.45, 2.75) is 18.3 Å². The highest BCUT2D eigenvalue weighted by Gasteiger charge is 2.41. The first kappa shape index (κ1) is 27.0. The zero-order valence-corrected chi connectivity index (χ0v) is 26.2. The molecule has 0 fully saturated rings. The van der Waals surface area contributed by atoms with Crippen LogP contribution in [0.25, 0.3) is 64.7 Å². The molecule has 7 aromatic rings. The Morgan fingerprint density at radius 2 is 1.17 bits per heavy atom. The molecule has 0 bridgehead atoms. The van der Waals surface area contributed by atoms with Crippen molar-refractivity contribution < 1.29 is 0 Å². The van der Waals surface area contributed by atoms with E-state index in [0.29, 0.717) is 5.92 Å². The number of fused-ring (bicyclic) bond motifs is 8. The van der Waals surface area contributed by atoms with Gasteiger partial charge in [0.25, 0.3) is 0 Å². The molecule has 2 heteroatoms. The Hall–Kier alpha value is -5.31. The summed E-state index contributed by atoms with van der Waals surface area (Å²) in [4.78, 5) is 13.4. The fraction of sp³-hybridized carbons (Fsp3) is 0.0682. The summed E-state index contributed by atoms with van der Waals surface area (Å²) in [5.41, 5.74) is 12.4. The predicted octanol–water partition coefficient (Wildman–Crippen LogP) is 11.6. The van der Waals surface area contributed by atoms with Crippen LogP contribution in [0.1, 0.15) is 24.0 Å². The Morgan fingerprint density at radius 1 is 0.543 bits per heavy atom. The smallest absolute Gasteiger partial charge is 0.195 e. The molecule has 2 aliphatic carbocycles. The molecule has 2 atom stereocenters. The Balaban J connectivity index is 1.10. The molecule has 6 aromatic carbocycles. The third-order valence-corrected chi connectivity index (χ3v) is 11.1. The minimum absolute atomic E-state index is 0.0422. The second kappa shape index (κ2) is 10.4. The Bertz CT molecular complexity index is 2480. The maximum atomic E-state index is 13.4. The molecule has 0 spiro atoms. The Morgan fingerprint density at radius 3 is 1.96 bits per heavy atom. The fourth-order valence-electron chi connectivity index (χ4n) is 7.59. The normalized spacial score (nSPS) is 17.9. The number of hydrogen-bond donors (Lipinski definition) is 0. The van der Waals surface area contributed by atoms with Crippen LogP contribution in [0.2, 0.25) is 0 Å². The van der Waals surface area contributed by atoms with Gasteiger partial charge in [-0.3, -0.25) is 4.79 Å². The van der Waals surface area contributed by atoms with Gasteiger partial charge in [0.2, 0.25) is 0 Å². The number of allylic oxidation sites excluding steroid dienone is 4. The van der Waals surface area contributed by atoms with Crippen LogP contribution in [-0.2, 0) is 5.41 Å². The van der Waals surface area contributed by atoms with Crippen LogP contribution in [0.5, 0.6) is 0 Å². The van der Waals surface area contributed by atoms with Crippen molar-refractivity contribution in [2.24, 2.45) is 0 Å². The second-order valence-corrected chi connectivity index (χ2v) is 13.7. The summed E-state index contributed by atoms with van der Waals surface area (Å²) in [5.74, 6) is 0.317. The maximum Gasteiger partial charge on any atom is 0.195 e. The molecule has 0 radical (unpaired) electrons. The first-order valence-electron chi connectivity index (χ1n) is 15.8. The van der Waals surface area contributed by atoms with Crippen molar-refractivity contribution in [1.29, 1.82) is 0 Å². The number of hydrogen-bond acceptors (Lipinski definition) is 2. The molecular weight excluding hydrogens is 577 g/mol. The van der Waals surface area contributed by atoms with E-state index < -0.39 is 0 Å². The summed E-state index contributed by atoms with van der Waals surface area (Å²) in [5, 5.41) is 1.57. The van der Waals surface area contributed by atoms with Gasteiger partial charge in [-0.15, -0.1) is 11.3 Å². The minimum Gasteiger partial charge on any atom is -0.289 e. The van der Waals surface area contributed by atoms with E-state index in [1.807, 2.05) is 24.3 Å². The van der Waals surface area contributed by atoms with Gasteiger partial charge in [-0.1, -0.05) is 122 Å². The molecule has 0 N–H and O–H groups in total. The van der Waals surface area contributed by atoms with Gasteiger partial charge in [-0.2, -0.15) is 0 Å². The van der Waals surface area contributed by atoms with Gasteiger partial charge < -0.3 is 0 Å². The minimum atomic E-state index is -0.0422. The molecule has 0 saturated carbocycles. The van der Waals surface area contributed by atoms with Crippen molar-refractivity contribution >= 4 is 31.5 Å². The van der Waals surface area contributed by atoms with Gasteiger partial charge in [0.15, 0.2) is 5.43 Å². The average molecular weight is 607 g/mol. The second-order valence-electron chi connectivity index (χ2n) is 12.7. The Labute approximate surface area is 272 Å². The van der Waals surface area contributed by atoms with Crippen molar-refractivity contribution in [1.82, 2.24) is 0 Å². The summed E-state index contributed by atoms with van der Waals surface area (Å²) >= 11 is 1.67. The first-order valence-corrected chi connectivity index (χ1v) is 16.7. The topological polar surface area (TPSA) is 17.1 Å². The average Bonchev–Trinajstić information content (AvgIpc) is 3.12. The molecule has 46 heavy (non-hydrogen) atoms. The van der Waals surface area contributed by atoms with E-state index in [-0.39, 0.29) is 10.8 Å². The highest BCUT2D eigenvalue weighted by Crippen LogP contribution is 2.53. The van der Waals surface area contributed by atoms with Crippen molar-refractivity contribution in [3.05, 3.63) is 179 Å². The predicted molar refractivity (Wildman–Crippen MR) is 196 cm³/mol. The molecule has 218 valence electrons. The third-order valence-electron chi connectivity index (χ3n) is 9.99. The van der Waals surface area contributed by atoms with Crippen LogP contribution in [0.3, 0.4) is 0 Å². The summed E-state index contributed by atoms with van der Waals surface area (Å²) in [7, 11) is 0. The molecule has 1 aromatic heterocycles. The van der Waals surface area contributed by atoms with Crippen LogP contribution in [0.4, 0.5) is 0 Å². The third kappa shape index (κ3) is 4.18. The standard InChI is InChI=1S/C44H30OS/c1-44-23-7-6-17-40(44)35-21-19-32(26-37(35)34-14-2-4-16-39(34)44)30-12-8-10-28(24-30)29-11-9-13-31(25-29)33-20-22-42-38(27-33)43(45)36-15-3-5-18-41(36)46-42/h2-27,40H,1H3. The van der Waals surface area contributed by atoms with Crippen molar-refractivity contribution in [2.75, 3.05) is 0 Å². The quantitative estimate of drug-likeness (QED) is 0.183. The molecule has 1 nitrogen and oxygen atoms in total. The molecule has 2 aliphatic rings. The van der Waals surface area contributed by atoms with Gasteiger partial charge in [0, 0.05) is 31.5 Å². The monoisotopic (exact) mass is 606 g/mol. The van der Waals surface area contributed by atoms with Crippen LogP contribution >= 0.6 is 11.3 Å². The zero-order chi connectivity index (χ0) is 30.8. The highest BCUT2D eigenvalue weighted by molar-refractivity contribution is 7.24. The van der Waals surface area contributed by atoms with Gasteiger partial charge in [-0.05, 0) is 98.1 Å². The van der Waals surface area contributed by atoms with E-state index in [1.54, 1.807) is 11.3 Å². The summed E-state index contributed by atoms with van der Waals surface area (Å²) in [6.07, 6.45) is 9.11. The number of benzene rings is 6. The number of rotatable bonds is 3. The van der Waals surface area contributed by atoms with Crippen LogP contribution < -0.4 is 5.43 Å². The molecule has 0 saturated heterocycles. The summed E-state index contributed by atoms with van der Waals surface area (Å²) in [6, 6.07) is 47.6. The van der Waals surface area contributed by atoms with Gasteiger partial charge in [0.1, 0.15) is 0 Å². The molecule has 0 amide bonds. The highest BCUT2D eigenvalue weighted by atomic mass is 32.1. The first-order chi connectivity index (χ1) is 22.6. The van der Waals surface area contributed by atoms with Gasteiger partial charge in [0.05, 0.1) is 0 Å². The van der Waals surface area contributed by atoms with Crippen LogP contribution in [0, 0.1) is 0 Å². The lowest BCUT2D eigenvalue weighted by Crippen LogP contribution is -2.32. The van der Waals surface area contributed by atoms with E-state index >= 15 is 0 Å². The lowest BCUT2D eigenvalue weighted by atomic mass is 9.60. The molecular formula is C44H30OS. The SMILES string of the molecule is CC12C=CC=CC1c1ccc(-c3cccc(-c4cccc(-c5ccc6sc7ccccc7c(=O)c6c5)c4)c3)cc1-c1ccccc12. The van der Waals surface area contributed by atoms with Gasteiger partial charge in [-0.25, -0.2) is 0 Å². The largest absolute Gasteiger partial charge is 0.289 e. The van der Waals surface area contributed by atoms with E-state index in [9.17, 15) is 4.79 Å². The van der Waals surface area contributed by atoms with E-state index in [0.717, 1.165) is 36.9 Å². The molecule has 9 rings (SSSR count). The van der Waals surface area contributed by atoms with E-state index in [1.165, 1.54) is 38.9 Å². The maximum absolute atomic E-state index is 13.4. The molecule has 2 unspecified atom stereocenters. The van der Waals surface area contributed by atoms with Crippen molar-refractivity contribution in [3.63, 3.8) is 0 Å². The van der Waals surface area contributed by atoms with Crippen LogP contribution in [-0.4, -0.2) is 0 Å². The van der Waals surface area contributed by atoms with E-state index in [2.05, 4.69) is 140 Å². The zero-order valence-electron chi connectivity index (χ0n) is 25.4. The van der Waals surface area contributed by atoms with Crippen LogP contribution in [0.15, 0.2) is 163 Å². The van der Waals surface area contributed by atoms with E-state index in [4.69, 9.17) is 0 Å². The lowest BCUT2D eigenvalue weighted by molar-refractivity contribution is 0.519. The molecule has 0 aliphatic heterocycles. The fourth-order valence-corrected chi connectivity index (χ4v) is 8.64. The lowest BCUT2D eigenvalue weighted by Gasteiger charge is -2.42. The Kier molecular flexibility index (Phi) is 6.10. The van der Waals surface area contributed by atoms with Crippen molar-refractivity contribution in [3.8, 4) is 44.5 Å². The summed E-state index contributed by atoms with van der Waals surface area (Å²) in [6.45, 7) is 2.37.